The van der Waals surface area contributed by atoms with Gasteiger partial charge in [0.25, 0.3) is 0 Å². The molecule has 0 aliphatic heterocycles. The van der Waals surface area contributed by atoms with Crippen LogP contribution in [0.4, 0.5) is 11.4 Å². The quantitative estimate of drug-likeness (QED) is 0.484. The van der Waals surface area contributed by atoms with E-state index in [1.807, 2.05) is 36.4 Å². The van der Waals surface area contributed by atoms with Gasteiger partial charge in [0.1, 0.15) is 0 Å². The van der Waals surface area contributed by atoms with Crippen LogP contribution in [0.25, 0.3) is 21.8 Å². The van der Waals surface area contributed by atoms with Gasteiger partial charge in [-0.1, -0.05) is 24.3 Å². The molecule has 0 atom stereocenters. The lowest BCUT2D eigenvalue weighted by molar-refractivity contribution is 0.282. The smallest absolute Gasteiger partial charge is 0.162 e. The highest BCUT2D eigenvalue weighted by molar-refractivity contribution is 6.09. The summed E-state index contributed by atoms with van der Waals surface area (Å²) < 4.78 is 11.0. The summed E-state index contributed by atoms with van der Waals surface area (Å²) in [4.78, 5) is 4.84. The van der Waals surface area contributed by atoms with Crippen molar-refractivity contribution < 1.29 is 14.6 Å². The number of aliphatic hydroxyl groups excluding tert-OH is 1. The number of hydrogen-bond acceptors (Lipinski definition) is 5. The van der Waals surface area contributed by atoms with E-state index in [0.29, 0.717) is 11.5 Å². The van der Waals surface area contributed by atoms with Crippen LogP contribution in [0.15, 0.2) is 54.6 Å². The first kappa shape index (κ1) is 18.1. The second-order valence-corrected chi connectivity index (χ2v) is 6.71. The summed E-state index contributed by atoms with van der Waals surface area (Å²) in [6, 6.07) is 17.8. The Balaban J connectivity index is 1.97. The Morgan fingerprint density at radius 1 is 0.857 bits per heavy atom. The molecule has 1 aromatic heterocycles. The average Bonchev–Trinajstić information content (AvgIpc) is 2.72. The van der Waals surface area contributed by atoms with Gasteiger partial charge in [-0.2, -0.15) is 0 Å². The molecule has 0 amide bonds. The van der Waals surface area contributed by atoms with Crippen molar-refractivity contribution in [2.45, 2.75) is 13.5 Å². The lowest BCUT2D eigenvalue weighted by Crippen LogP contribution is -1.98. The number of hydrogen-bond donors (Lipinski definition) is 2. The molecule has 142 valence electrons. The topological polar surface area (TPSA) is 63.6 Å². The molecule has 0 saturated carbocycles. The fourth-order valence-corrected chi connectivity index (χ4v) is 3.35. The molecule has 0 spiro atoms. The Morgan fingerprint density at radius 3 is 2.21 bits per heavy atom. The zero-order valence-corrected chi connectivity index (χ0v) is 16.1. The van der Waals surface area contributed by atoms with Crippen molar-refractivity contribution in [1.29, 1.82) is 0 Å². The maximum Gasteiger partial charge on any atom is 0.162 e. The highest BCUT2D eigenvalue weighted by Gasteiger charge is 2.14. The number of nitrogens with one attached hydrogen (secondary N) is 1. The van der Waals surface area contributed by atoms with Gasteiger partial charge in [-0.15, -0.1) is 0 Å². The van der Waals surface area contributed by atoms with Crippen molar-refractivity contribution in [3.05, 3.63) is 65.7 Å². The van der Waals surface area contributed by atoms with Crippen LogP contribution >= 0.6 is 0 Å². The van der Waals surface area contributed by atoms with Crippen LogP contribution in [-0.2, 0) is 6.61 Å². The van der Waals surface area contributed by atoms with E-state index in [-0.39, 0.29) is 6.61 Å². The number of anilines is 2. The highest BCUT2D eigenvalue weighted by atomic mass is 16.5. The van der Waals surface area contributed by atoms with Gasteiger partial charge in [-0.05, 0) is 42.3 Å². The van der Waals surface area contributed by atoms with Crippen LogP contribution in [0.2, 0.25) is 0 Å². The minimum absolute atomic E-state index is 0.0255. The van der Waals surface area contributed by atoms with Gasteiger partial charge >= 0.3 is 0 Å². The molecule has 0 aliphatic rings. The number of methoxy groups -OCH3 is 2. The van der Waals surface area contributed by atoms with Gasteiger partial charge in [0.15, 0.2) is 11.5 Å². The molecule has 0 fully saturated rings. The van der Waals surface area contributed by atoms with Crippen LogP contribution < -0.4 is 14.8 Å². The second kappa shape index (κ2) is 7.37. The van der Waals surface area contributed by atoms with Crippen molar-refractivity contribution in [1.82, 2.24) is 4.98 Å². The standard InChI is InChI=1S/C23H22N2O3/c1-14-4-9-17-19(10-14)25-20-12-22(28-3)21(27-2)11-18(20)23(17)24-16-7-5-15(13-26)6-8-16/h4-12,26H,13H2,1-3H3,(H,24,25). The number of nitrogens with zero attached hydrogens (tertiary/aromatic N) is 1. The molecular formula is C23H22N2O3. The maximum absolute atomic E-state index is 9.28. The number of ether oxygens (including phenoxy) is 2. The summed E-state index contributed by atoms with van der Waals surface area (Å²) in [5, 5.41) is 14.8. The third kappa shape index (κ3) is 3.21. The van der Waals surface area contributed by atoms with Gasteiger partial charge in [-0.3, -0.25) is 0 Å². The van der Waals surface area contributed by atoms with Gasteiger partial charge in [0, 0.05) is 22.5 Å². The Kier molecular flexibility index (Phi) is 4.75. The monoisotopic (exact) mass is 374 g/mol. The van der Waals surface area contributed by atoms with Gasteiger partial charge < -0.3 is 19.9 Å². The molecule has 5 heteroatoms. The van der Waals surface area contributed by atoms with Crippen molar-refractivity contribution in [3.8, 4) is 11.5 Å². The Morgan fingerprint density at radius 2 is 1.54 bits per heavy atom. The number of aliphatic hydroxyl groups is 1. The van der Waals surface area contributed by atoms with Gasteiger partial charge in [0.05, 0.1) is 37.5 Å². The Labute approximate surface area is 163 Å². The third-order valence-electron chi connectivity index (χ3n) is 4.84. The summed E-state index contributed by atoms with van der Waals surface area (Å²) in [6.45, 7) is 2.08. The minimum Gasteiger partial charge on any atom is -0.493 e. The van der Waals surface area contributed by atoms with E-state index in [9.17, 15) is 5.11 Å². The average molecular weight is 374 g/mol. The number of aromatic nitrogens is 1. The van der Waals surface area contributed by atoms with Crippen molar-refractivity contribution in [2.75, 3.05) is 19.5 Å². The first-order chi connectivity index (χ1) is 13.6. The Bertz CT molecular complexity index is 1150. The molecule has 0 aliphatic carbocycles. The lowest BCUT2D eigenvalue weighted by Gasteiger charge is -2.16. The number of benzene rings is 3. The summed E-state index contributed by atoms with van der Waals surface area (Å²) >= 11 is 0. The molecule has 0 unspecified atom stereocenters. The second-order valence-electron chi connectivity index (χ2n) is 6.71. The van der Waals surface area contributed by atoms with Crippen LogP contribution in [0.3, 0.4) is 0 Å². The summed E-state index contributed by atoms with van der Waals surface area (Å²) in [7, 11) is 3.25. The molecular weight excluding hydrogens is 352 g/mol. The predicted molar refractivity (Wildman–Crippen MR) is 113 cm³/mol. The van der Waals surface area contributed by atoms with E-state index < -0.39 is 0 Å². The zero-order valence-electron chi connectivity index (χ0n) is 16.1. The number of aryl methyl sites for hydroxylation is 1. The fourth-order valence-electron chi connectivity index (χ4n) is 3.35. The first-order valence-corrected chi connectivity index (χ1v) is 9.06. The van der Waals surface area contributed by atoms with Gasteiger partial charge in [-0.25, -0.2) is 4.98 Å². The fraction of sp³-hybridized carbons (Fsp3) is 0.174. The van der Waals surface area contributed by atoms with Crippen LogP contribution in [0, 0.1) is 6.92 Å². The van der Waals surface area contributed by atoms with E-state index in [0.717, 1.165) is 44.3 Å². The van der Waals surface area contributed by atoms with E-state index in [4.69, 9.17) is 14.5 Å². The molecule has 3 aromatic carbocycles. The molecule has 0 saturated heterocycles. The minimum atomic E-state index is 0.0255. The third-order valence-corrected chi connectivity index (χ3v) is 4.84. The summed E-state index contributed by atoms with van der Waals surface area (Å²) in [5.41, 5.74) is 5.65. The van der Waals surface area contributed by atoms with Crippen LogP contribution in [-0.4, -0.2) is 24.3 Å². The Hall–Kier alpha value is -3.31. The van der Waals surface area contributed by atoms with Crippen LogP contribution in [0.1, 0.15) is 11.1 Å². The molecule has 2 N–H and O–H groups in total. The zero-order chi connectivity index (χ0) is 19.7. The van der Waals surface area contributed by atoms with Crippen molar-refractivity contribution in [3.63, 3.8) is 0 Å². The SMILES string of the molecule is COc1cc2nc3cc(C)ccc3c(Nc3ccc(CO)cc3)c2cc1OC. The van der Waals surface area contributed by atoms with Crippen LogP contribution in [0.5, 0.6) is 11.5 Å². The van der Waals surface area contributed by atoms with Crippen molar-refractivity contribution >= 4 is 33.2 Å². The molecule has 4 rings (SSSR count). The number of fused-ring (bicyclic) bond motifs is 2. The van der Waals surface area contributed by atoms with E-state index in [2.05, 4.69) is 30.4 Å². The van der Waals surface area contributed by atoms with Gasteiger partial charge in [0.2, 0.25) is 0 Å². The highest BCUT2D eigenvalue weighted by Crippen LogP contribution is 2.39. The normalized spacial score (nSPS) is 11.0. The molecule has 0 bridgehead atoms. The largest absolute Gasteiger partial charge is 0.493 e. The summed E-state index contributed by atoms with van der Waals surface area (Å²) in [5.74, 6) is 1.30. The molecule has 28 heavy (non-hydrogen) atoms. The van der Waals surface area contributed by atoms with E-state index >= 15 is 0 Å². The summed E-state index contributed by atoms with van der Waals surface area (Å²) in [6.07, 6.45) is 0. The van der Waals surface area contributed by atoms with Crippen molar-refractivity contribution in [2.24, 2.45) is 0 Å². The first-order valence-electron chi connectivity index (χ1n) is 9.06. The molecule has 0 radical (unpaired) electrons. The number of pyridine rings is 1. The number of rotatable bonds is 5. The maximum atomic E-state index is 9.28. The van der Waals surface area contributed by atoms with E-state index in [1.54, 1.807) is 14.2 Å². The predicted octanol–water partition coefficient (Wildman–Crippen LogP) is 4.95. The lowest BCUT2D eigenvalue weighted by atomic mass is 10.0. The molecule has 5 nitrogen and oxygen atoms in total. The molecule has 1 heterocycles. The molecule has 4 aromatic rings. The van der Waals surface area contributed by atoms with E-state index in [1.165, 1.54) is 0 Å².